The highest BCUT2D eigenvalue weighted by Crippen LogP contribution is 2.28. The van der Waals surface area contributed by atoms with Crippen molar-refractivity contribution in [1.82, 2.24) is 5.32 Å². The van der Waals surface area contributed by atoms with Crippen LogP contribution in [0.25, 0.3) is 0 Å². The van der Waals surface area contributed by atoms with Crippen molar-refractivity contribution in [2.24, 2.45) is 0 Å². The van der Waals surface area contributed by atoms with Gasteiger partial charge in [-0.3, -0.25) is 4.79 Å². The quantitative estimate of drug-likeness (QED) is 0.768. The van der Waals surface area contributed by atoms with Crippen LogP contribution in [-0.2, 0) is 22.7 Å². The first-order valence-corrected chi connectivity index (χ1v) is 7.91. The summed E-state index contributed by atoms with van der Waals surface area (Å²) in [5.41, 5.74) is 2.02. The summed E-state index contributed by atoms with van der Waals surface area (Å²) in [5, 5.41) is 2.80. The molecule has 0 saturated carbocycles. The van der Waals surface area contributed by atoms with Crippen LogP contribution in [0.15, 0.2) is 48.5 Å². The van der Waals surface area contributed by atoms with Crippen LogP contribution >= 0.6 is 0 Å². The fourth-order valence-electron chi connectivity index (χ4n) is 2.12. The number of rotatable bonds is 9. The van der Waals surface area contributed by atoms with Gasteiger partial charge in [0.05, 0.1) is 7.11 Å². The molecule has 0 heterocycles. The number of methoxy groups -OCH3 is 1. The van der Waals surface area contributed by atoms with Gasteiger partial charge in [0.25, 0.3) is 0 Å². The van der Waals surface area contributed by atoms with Gasteiger partial charge in [-0.2, -0.15) is 0 Å². The molecule has 128 valence electrons. The van der Waals surface area contributed by atoms with E-state index in [1.807, 2.05) is 55.5 Å². The lowest BCUT2D eigenvalue weighted by molar-refractivity contribution is -0.125. The van der Waals surface area contributed by atoms with Gasteiger partial charge in [0, 0.05) is 13.2 Å². The van der Waals surface area contributed by atoms with E-state index in [0.717, 1.165) is 11.1 Å². The van der Waals surface area contributed by atoms with Crippen molar-refractivity contribution in [2.45, 2.75) is 20.1 Å². The molecular weight excluding hydrogens is 306 g/mol. The van der Waals surface area contributed by atoms with Gasteiger partial charge < -0.3 is 19.5 Å². The van der Waals surface area contributed by atoms with Crippen LogP contribution in [0, 0.1) is 0 Å². The average molecular weight is 329 g/mol. The fraction of sp³-hybridized carbons (Fsp3) is 0.316. The summed E-state index contributed by atoms with van der Waals surface area (Å²) in [6.45, 7) is 3.34. The Labute approximate surface area is 142 Å². The molecule has 0 aromatic heterocycles. The van der Waals surface area contributed by atoms with Crippen molar-refractivity contribution >= 4 is 5.91 Å². The lowest BCUT2D eigenvalue weighted by Crippen LogP contribution is -2.27. The minimum Gasteiger partial charge on any atom is -0.493 e. The molecule has 24 heavy (non-hydrogen) atoms. The third-order valence-corrected chi connectivity index (χ3v) is 3.39. The van der Waals surface area contributed by atoms with Gasteiger partial charge in [-0.05, 0) is 30.2 Å². The van der Waals surface area contributed by atoms with Crippen LogP contribution in [0.5, 0.6) is 11.5 Å². The summed E-state index contributed by atoms with van der Waals surface area (Å²) in [4.78, 5) is 11.6. The van der Waals surface area contributed by atoms with E-state index in [0.29, 0.717) is 31.3 Å². The van der Waals surface area contributed by atoms with Gasteiger partial charge in [-0.1, -0.05) is 36.4 Å². The molecule has 0 atom stereocenters. The number of carbonyl (C=O) groups is 1. The average Bonchev–Trinajstić information content (AvgIpc) is 2.64. The van der Waals surface area contributed by atoms with Crippen LogP contribution in [-0.4, -0.2) is 26.2 Å². The SMILES string of the molecule is CCOCC(=O)NCc1ccc(OCc2ccccc2)c(OC)c1. The Balaban J connectivity index is 1.93. The molecule has 0 aliphatic heterocycles. The minimum atomic E-state index is -0.139. The molecule has 5 nitrogen and oxygen atoms in total. The second-order valence-electron chi connectivity index (χ2n) is 5.17. The summed E-state index contributed by atoms with van der Waals surface area (Å²) < 4.78 is 16.3. The number of benzene rings is 2. The minimum absolute atomic E-state index is 0.0753. The molecule has 0 spiro atoms. The number of hydrogen-bond donors (Lipinski definition) is 1. The number of carbonyl (C=O) groups excluding carboxylic acids is 1. The molecule has 0 fully saturated rings. The number of amides is 1. The van der Waals surface area contributed by atoms with Crippen LogP contribution in [0.1, 0.15) is 18.1 Å². The summed E-state index contributed by atoms with van der Waals surface area (Å²) in [7, 11) is 1.60. The largest absolute Gasteiger partial charge is 0.493 e. The number of nitrogens with one attached hydrogen (secondary N) is 1. The molecule has 2 aromatic carbocycles. The van der Waals surface area contributed by atoms with Gasteiger partial charge in [0.2, 0.25) is 5.91 Å². The zero-order valence-electron chi connectivity index (χ0n) is 14.1. The standard InChI is InChI=1S/C19H23NO4/c1-3-23-14-19(21)20-12-16-9-10-17(18(11-16)22-2)24-13-15-7-5-4-6-8-15/h4-11H,3,12-14H2,1-2H3,(H,20,21). The normalized spacial score (nSPS) is 10.2. The zero-order chi connectivity index (χ0) is 17.2. The third-order valence-electron chi connectivity index (χ3n) is 3.39. The van der Waals surface area contributed by atoms with Crippen molar-refractivity contribution in [3.05, 3.63) is 59.7 Å². The van der Waals surface area contributed by atoms with E-state index in [4.69, 9.17) is 14.2 Å². The van der Waals surface area contributed by atoms with Crippen molar-refractivity contribution < 1.29 is 19.0 Å². The van der Waals surface area contributed by atoms with Gasteiger partial charge in [-0.15, -0.1) is 0 Å². The fourth-order valence-corrected chi connectivity index (χ4v) is 2.12. The van der Waals surface area contributed by atoms with E-state index in [-0.39, 0.29) is 12.5 Å². The highest BCUT2D eigenvalue weighted by atomic mass is 16.5. The monoisotopic (exact) mass is 329 g/mol. The molecule has 5 heteroatoms. The Morgan fingerprint density at radius 3 is 2.54 bits per heavy atom. The van der Waals surface area contributed by atoms with Gasteiger partial charge >= 0.3 is 0 Å². The molecule has 2 rings (SSSR count). The second kappa shape index (κ2) is 9.57. The maximum absolute atomic E-state index is 11.6. The van der Waals surface area contributed by atoms with E-state index in [1.165, 1.54) is 0 Å². The van der Waals surface area contributed by atoms with E-state index >= 15 is 0 Å². The summed E-state index contributed by atoms with van der Waals surface area (Å²) >= 11 is 0. The van der Waals surface area contributed by atoms with E-state index in [9.17, 15) is 4.79 Å². The van der Waals surface area contributed by atoms with Crippen LogP contribution in [0.2, 0.25) is 0 Å². The first kappa shape index (κ1) is 17.8. The topological polar surface area (TPSA) is 56.8 Å². The highest BCUT2D eigenvalue weighted by Gasteiger charge is 2.07. The van der Waals surface area contributed by atoms with Crippen molar-refractivity contribution in [3.8, 4) is 11.5 Å². The molecule has 0 aliphatic rings. The van der Waals surface area contributed by atoms with Crippen LogP contribution in [0.3, 0.4) is 0 Å². The summed E-state index contributed by atoms with van der Waals surface area (Å²) in [6.07, 6.45) is 0. The Morgan fingerprint density at radius 1 is 1.04 bits per heavy atom. The molecule has 1 N–H and O–H groups in total. The zero-order valence-corrected chi connectivity index (χ0v) is 14.1. The smallest absolute Gasteiger partial charge is 0.246 e. The predicted molar refractivity (Wildman–Crippen MR) is 92.1 cm³/mol. The lowest BCUT2D eigenvalue weighted by Gasteiger charge is -2.13. The molecule has 1 amide bonds. The van der Waals surface area contributed by atoms with Crippen LogP contribution < -0.4 is 14.8 Å². The van der Waals surface area contributed by atoms with Crippen molar-refractivity contribution in [1.29, 1.82) is 0 Å². The van der Waals surface area contributed by atoms with E-state index in [2.05, 4.69) is 5.32 Å². The van der Waals surface area contributed by atoms with E-state index < -0.39 is 0 Å². The van der Waals surface area contributed by atoms with Gasteiger partial charge in [-0.25, -0.2) is 0 Å². The molecule has 0 radical (unpaired) electrons. The Kier molecular flexibility index (Phi) is 7.11. The first-order valence-electron chi connectivity index (χ1n) is 7.91. The number of hydrogen-bond acceptors (Lipinski definition) is 4. The maximum atomic E-state index is 11.6. The van der Waals surface area contributed by atoms with Gasteiger partial charge in [0.1, 0.15) is 13.2 Å². The molecule has 0 unspecified atom stereocenters. The Morgan fingerprint density at radius 2 is 1.83 bits per heavy atom. The number of ether oxygens (including phenoxy) is 3. The lowest BCUT2D eigenvalue weighted by atomic mass is 10.2. The third kappa shape index (κ3) is 5.59. The predicted octanol–water partition coefficient (Wildman–Crippen LogP) is 2.93. The second-order valence-corrected chi connectivity index (χ2v) is 5.17. The van der Waals surface area contributed by atoms with Crippen molar-refractivity contribution in [2.75, 3.05) is 20.3 Å². The van der Waals surface area contributed by atoms with E-state index in [1.54, 1.807) is 7.11 Å². The molecule has 0 aliphatic carbocycles. The van der Waals surface area contributed by atoms with Crippen LogP contribution in [0.4, 0.5) is 0 Å². The molecular formula is C19H23NO4. The first-order chi connectivity index (χ1) is 11.7. The molecule has 0 bridgehead atoms. The maximum Gasteiger partial charge on any atom is 0.246 e. The van der Waals surface area contributed by atoms with Gasteiger partial charge in [0.15, 0.2) is 11.5 Å². The van der Waals surface area contributed by atoms with Crippen molar-refractivity contribution in [3.63, 3.8) is 0 Å². The summed E-state index contributed by atoms with van der Waals surface area (Å²) in [6, 6.07) is 15.6. The highest BCUT2D eigenvalue weighted by molar-refractivity contribution is 5.77. The molecule has 2 aromatic rings. The summed E-state index contributed by atoms with van der Waals surface area (Å²) in [5.74, 6) is 1.17. The Bertz CT molecular complexity index is 643. The Hall–Kier alpha value is -2.53. The molecule has 0 saturated heterocycles.